The van der Waals surface area contributed by atoms with Crippen molar-refractivity contribution in [3.05, 3.63) is 0 Å². The van der Waals surface area contributed by atoms with Crippen LogP contribution in [0.3, 0.4) is 0 Å². The van der Waals surface area contributed by atoms with Gasteiger partial charge in [0, 0.05) is 0 Å². The number of rotatable bonds is 36. The van der Waals surface area contributed by atoms with Crippen molar-refractivity contribution in [2.45, 2.75) is 233 Å². The maximum absolute atomic E-state index is 3.18. The van der Waals surface area contributed by atoms with E-state index in [2.05, 4.69) is 49.7 Å². The maximum atomic E-state index is 3.18. The molecule has 0 aliphatic carbocycles. The van der Waals surface area contributed by atoms with Crippen molar-refractivity contribution in [3.63, 3.8) is 0 Å². The van der Waals surface area contributed by atoms with Crippen LogP contribution in [0.1, 0.15) is 233 Å². The van der Waals surface area contributed by atoms with Gasteiger partial charge in [-0.2, -0.15) is 0 Å². The van der Waals surface area contributed by atoms with Crippen molar-refractivity contribution in [2.24, 2.45) is 0 Å². The van der Waals surface area contributed by atoms with Crippen molar-refractivity contribution in [1.29, 1.82) is 0 Å². The molecular formula is C40H84IP. The third-order valence-corrected chi connectivity index (χ3v) is 21.8. The third kappa shape index (κ3) is 27.5. The molecule has 0 fully saturated rings. The Labute approximate surface area is 282 Å². The van der Waals surface area contributed by atoms with E-state index in [-0.39, 0.29) is 0 Å². The molecule has 0 radical (unpaired) electrons. The van der Waals surface area contributed by atoms with E-state index in [4.69, 9.17) is 0 Å². The van der Waals surface area contributed by atoms with Crippen LogP contribution in [-0.2, 0) is 0 Å². The van der Waals surface area contributed by atoms with E-state index in [0.29, 0.717) is 0 Å². The first-order chi connectivity index (χ1) is 20.5. The van der Waals surface area contributed by atoms with Crippen molar-refractivity contribution in [3.8, 4) is 0 Å². The average Bonchev–Trinajstić information content (AvgIpc) is 3.00. The monoisotopic (exact) mass is 723 g/mol. The van der Waals surface area contributed by atoms with Gasteiger partial charge in [0.1, 0.15) is 0 Å². The molecule has 0 aliphatic rings. The zero-order chi connectivity index (χ0) is 30.9. The van der Waals surface area contributed by atoms with Crippen LogP contribution >= 0.6 is 26.3 Å². The summed E-state index contributed by atoms with van der Waals surface area (Å²) in [6, 6.07) is 0. The predicted molar refractivity (Wildman–Crippen MR) is 211 cm³/mol. The zero-order valence-electron chi connectivity index (χ0n) is 30.3. The summed E-state index contributed by atoms with van der Waals surface area (Å²) in [6.45, 7) is 9.49. The normalized spacial score (nSPS) is 13.0. The van der Waals surface area contributed by atoms with Crippen molar-refractivity contribution < 1.29 is 0 Å². The molecule has 0 heterocycles. The zero-order valence-corrected chi connectivity index (χ0v) is 33.3. The van der Waals surface area contributed by atoms with Crippen LogP contribution < -0.4 is 0 Å². The van der Waals surface area contributed by atoms with Crippen LogP contribution in [0.15, 0.2) is 0 Å². The summed E-state index contributed by atoms with van der Waals surface area (Å²) in [5.41, 5.74) is 0. The summed E-state index contributed by atoms with van der Waals surface area (Å²) in [7, 11) is 0. The molecule has 0 spiro atoms. The van der Waals surface area contributed by atoms with Gasteiger partial charge in [-0.25, -0.2) is 0 Å². The molecule has 0 amide bonds. The first-order valence-electron chi connectivity index (χ1n) is 20.3. The Hall–Kier alpha value is 1.16. The van der Waals surface area contributed by atoms with Crippen molar-refractivity contribution >= 4 is 26.3 Å². The molecule has 0 bridgehead atoms. The summed E-state index contributed by atoms with van der Waals surface area (Å²) < 4.78 is -1.57. The van der Waals surface area contributed by atoms with Crippen LogP contribution in [0.2, 0.25) is 0 Å². The summed E-state index contributed by atoms with van der Waals surface area (Å²) in [4.78, 5) is 0. The van der Waals surface area contributed by atoms with Crippen LogP contribution in [0.4, 0.5) is 0 Å². The number of halogens is 1. The van der Waals surface area contributed by atoms with Crippen LogP contribution in [0.5, 0.6) is 0 Å². The summed E-state index contributed by atoms with van der Waals surface area (Å²) in [5.74, 6) is 0. The average molecular weight is 723 g/mol. The van der Waals surface area contributed by atoms with E-state index in [1.807, 2.05) is 0 Å². The van der Waals surface area contributed by atoms with Gasteiger partial charge in [-0.1, -0.05) is 52.4 Å². The van der Waals surface area contributed by atoms with E-state index in [0.717, 1.165) is 0 Å². The second kappa shape index (κ2) is 32.1. The molecule has 0 atom stereocenters. The fourth-order valence-corrected chi connectivity index (χ4v) is 16.9. The van der Waals surface area contributed by atoms with E-state index in [1.54, 1.807) is 24.6 Å². The summed E-state index contributed by atoms with van der Waals surface area (Å²) in [6.07, 6.45) is 53.7. The Morgan fingerprint density at radius 2 is 0.405 bits per heavy atom. The minimum atomic E-state index is -1.57. The molecule has 0 aromatic heterocycles. The number of hydrogen-bond donors (Lipinski definition) is 0. The smallest absolute Gasteiger partial charge is 0.0654 e. The van der Waals surface area contributed by atoms with E-state index in [9.17, 15) is 0 Å². The van der Waals surface area contributed by atoms with Gasteiger partial charge in [0.15, 0.2) is 0 Å². The standard InChI is InChI=1S/C40H84IP/c1-5-9-13-15-17-19-21-23-25-27-29-31-33-35-39-42(41,37-11-7-3,38-12-8-4)40-36-34-32-30-28-26-24-22-20-18-16-14-10-6-2/h5-40H2,1-4H3. The molecule has 0 N–H and O–H groups in total. The molecule has 0 saturated carbocycles. The van der Waals surface area contributed by atoms with Gasteiger partial charge in [-0.3, -0.25) is 0 Å². The fourth-order valence-electron chi connectivity index (χ4n) is 7.18. The Kier molecular flexibility index (Phi) is 33.0. The minimum absolute atomic E-state index is 1.37. The van der Waals surface area contributed by atoms with E-state index >= 15 is 0 Å². The Bertz CT molecular complexity index is 474. The molecule has 0 aromatic carbocycles. The van der Waals surface area contributed by atoms with Crippen LogP contribution in [-0.4, -0.2) is 24.6 Å². The first kappa shape index (κ1) is 43.2. The van der Waals surface area contributed by atoms with Crippen molar-refractivity contribution in [2.75, 3.05) is 24.6 Å². The van der Waals surface area contributed by atoms with E-state index in [1.165, 1.54) is 205 Å². The van der Waals surface area contributed by atoms with Crippen molar-refractivity contribution in [1.82, 2.24) is 0 Å². The molecule has 42 heavy (non-hydrogen) atoms. The molecule has 0 rings (SSSR count). The molecule has 2 heteroatoms. The molecule has 0 unspecified atom stereocenters. The molecule has 0 aliphatic heterocycles. The number of unbranched alkanes of at least 4 members (excludes halogenated alkanes) is 28. The Morgan fingerprint density at radius 1 is 0.238 bits per heavy atom. The quantitative estimate of drug-likeness (QED) is 0.0343. The molecule has 0 nitrogen and oxygen atoms in total. The van der Waals surface area contributed by atoms with Gasteiger partial charge in [0.2, 0.25) is 0 Å². The van der Waals surface area contributed by atoms with Gasteiger partial charge >= 0.3 is 232 Å². The molecule has 0 aromatic rings. The second-order valence-electron chi connectivity index (χ2n) is 14.6. The van der Waals surface area contributed by atoms with Crippen LogP contribution in [0, 0.1) is 0 Å². The summed E-state index contributed by atoms with van der Waals surface area (Å²) >= 11 is 3.18. The summed E-state index contributed by atoms with van der Waals surface area (Å²) in [5, 5.41) is 0. The second-order valence-corrected chi connectivity index (χ2v) is 28.2. The van der Waals surface area contributed by atoms with Gasteiger partial charge in [0.05, 0.1) is 0 Å². The Balaban J connectivity index is 4.15. The number of hydrogen-bond acceptors (Lipinski definition) is 0. The van der Waals surface area contributed by atoms with Gasteiger partial charge in [-0.15, -0.1) is 0 Å². The SMILES string of the molecule is CCCCCCCCCCCCCCCCP(I)(CCCC)(CCCC)CCCCCCCCCCCCCCCC. The van der Waals surface area contributed by atoms with Gasteiger partial charge < -0.3 is 0 Å². The fraction of sp³-hybridized carbons (Fsp3) is 1.00. The Morgan fingerprint density at radius 3 is 0.619 bits per heavy atom. The predicted octanol–water partition coefficient (Wildman–Crippen LogP) is 16.5. The van der Waals surface area contributed by atoms with Crippen LogP contribution in [0.25, 0.3) is 0 Å². The first-order valence-corrected chi connectivity index (χ1v) is 26.0. The minimum Gasteiger partial charge on any atom is -0.0654 e. The van der Waals surface area contributed by atoms with E-state index < -0.39 is 4.25 Å². The molecule has 0 saturated heterocycles. The van der Waals surface area contributed by atoms with Gasteiger partial charge in [-0.05, 0) is 0 Å². The molecular weight excluding hydrogens is 638 g/mol. The third-order valence-electron chi connectivity index (χ3n) is 10.3. The van der Waals surface area contributed by atoms with Gasteiger partial charge in [0.25, 0.3) is 0 Å². The molecule has 256 valence electrons. The topological polar surface area (TPSA) is 0 Å².